The topological polar surface area (TPSA) is 29.9 Å². The zero-order valence-electron chi connectivity index (χ0n) is 11.7. The molecule has 2 aromatic rings. The van der Waals surface area contributed by atoms with Gasteiger partial charge in [-0.15, -0.1) is 0 Å². The second-order valence-corrected chi connectivity index (χ2v) is 5.47. The minimum absolute atomic E-state index is 0.292. The zero-order valence-corrected chi connectivity index (χ0v) is 11.7. The fraction of sp³-hybridized carbons (Fsp3) is 0.438. The summed E-state index contributed by atoms with van der Waals surface area (Å²) in [6.07, 6.45) is 8.77. The molecular weight excluding hydrogens is 234 g/mol. The Labute approximate surface area is 114 Å². The van der Waals surface area contributed by atoms with Gasteiger partial charge in [0, 0.05) is 13.2 Å². The third-order valence-electron chi connectivity index (χ3n) is 4.03. The molecule has 3 nitrogen and oxygen atoms in total. The molecule has 0 bridgehead atoms. The fourth-order valence-corrected chi connectivity index (χ4v) is 2.96. The van der Waals surface area contributed by atoms with Crippen LogP contribution in [-0.2, 0) is 26.3 Å². The molecule has 0 radical (unpaired) electrons. The summed E-state index contributed by atoms with van der Waals surface area (Å²) in [5.41, 5.74) is 5.62. The molecule has 1 aliphatic carbocycles. The first-order valence-electron chi connectivity index (χ1n) is 7.02. The molecule has 0 aliphatic heterocycles. The third-order valence-corrected chi connectivity index (χ3v) is 4.03. The van der Waals surface area contributed by atoms with E-state index in [1.807, 2.05) is 25.0 Å². The average Bonchev–Trinajstić information content (AvgIpc) is 3.04. The molecule has 1 N–H and O–H groups in total. The van der Waals surface area contributed by atoms with Gasteiger partial charge in [0.2, 0.25) is 0 Å². The lowest BCUT2D eigenvalue weighted by Gasteiger charge is -2.14. The molecule has 0 amide bonds. The molecule has 1 aliphatic rings. The molecule has 19 heavy (non-hydrogen) atoms. The maximum Gasteiger partial charge on any atom is 0.0947 e. The van der Waals surface area contributed by atoms with E-state index in [9.17, 15) is 0 Å². The monoisotopic (exact) mass is 255 g/mol. The summed E-state index contributed by atoms with van der Waals surface area (Å²) in [4.78, 5) is 4.46. The quantitative estimate of drug-likeness (QED) is 0.909. The Bertz CT molecular complexity index is 571. The van der Waals surface area contributed by atoms with E-state index in [0.717, 1.165) is 12.1 Å². The van der Waals surface area contributed by atoms with Crippen molar-refractivity contribution in [2.45, 2.75) is 31.7 Å². The Morgan fingerprint density at radius 3 is 2.89 bits per heavy atom. The average molecular weight is 255 g/mol. The van der Waals surface area contributed by atoms with Crippen LogP contribution in [0, 0.1) is 0 Å². The van der Waals surface area contributed by atoms with E-state index in [0.29, 0.717) is 6.04 Å². The predicted molar refractivity (Wildman–Crippen MR) is 77.2 cm³/mol. The number of nitrogens with zero attached hydrogens (tertiary/aromatic N) is 2. The minimum Gasteiger partial charge on any atom is -0.340 e. The Balaban J connectivity index is 1.79. The minimum atomic E-state index is 0.292. The summed E-state index contributed by atoms with van der Waals surface area (Å²) in [5, 5.41) is 3.37. The zero-order chi connectivity index (χ0) is 13.2. The van der Waals surface area contributed by atoms with E-state index in [1.165, 1.54) is 24.8 Å². The first-order valence-corrected chi connectivity index (χ1v) is 7.02. The van der Waals surface area contributed by atoms with Crippen molar-refractivity contribution in [1.82, 2.24) is 14.9 Å². The van der Waals surface area contributed by atoms with Gasteiger partial charge in [-0.1, -0.05) is 18.2 Å². The van der Waals surface area contributed by atoms with E-state index in [2.05, 4.69) is 34.7 Å². The van der Waals surface area contributed by atoms with E-state index in [-0.39, 0.29) is 0 Å². The molecule has 1 aromatic heterocycles. The SMILES string of the molecule is CNC(Cc1ccc2c(c1)CCC2)c1cn(C)cn1. The van der Waals surface area contributed by atoms with Gasteiger partial charge in [0.1, 0.15) is 0 Å². The Kier molecular flexibility index (Phi) is 3.38. The van der Waals surface area contributed by atoms with Crippen molar-refractivity contribution in [3.63, 3.8) is 0 Å². The predicted octanol–water partition coefficient (Wildman–Crippen LogP) is 2.41. The number of likely N-dealkylation sites (N-methyl/N-ethyl adjacent to an activating group) is 1. The first-order chi connectivity index (χ1) is 9.26. The van der Waals surface area contributed by atoms with Crippen LogP contribution in [0.15, 0.2) is 30.7 Å². The molecule has 3 rings (SSSR count). The van der Waals surface area contributed by atoms with Crippen molar-refractivity contribution in [1.29, 1.82) is 0 Å². The summed E-state index contributed by atoms with van der Waals surface area (Å²) in [6.45, 7) is 0. The van der Waals surface area contributed by atoms with E-state index < -0.39 is 0 Å². The fourth-order valence-electron chi connectivity index (χ4n) is 2.96. The standard InChI is InChI=1S/C16H21N3/c1-17-15(16-10-19(2)11-18-16)9-12-6-7-13-4-3-5-14(13)8-12/h6-8,10-11,15,17H,3-5,9H2,1-2H3. The molecule has 1 aromatic carbocycles. The lowest BCUT2D eigenvalue weighted by atomic mass is 10.00. The number of hydrogen-bond donors (Lipinski definition) is 1. The van der Waals surface area contributed by atoms with Crippen LogP contribution in [-0.4, -0.2) is 16.6 Å². The van der Waals surface area contributed by atoms with Crippen molar-refractivity contribution in [2.75, 3.05) is 7.05 Å². The van der Waals surface area contributed by atoms with Crippen molar-refractivity contribution in [3.8, 4) is 0 Å². The summed E-state index contributed by atoms with van der Waals surface area (Å²) in [6, 6.07) is 7.26. The Morgan fingerprint density at radius 2 is 2.16 bits per heavy atom. The number of rotatable bonds is 4. The molecular formula is C16H21N3. The smallest absolute Gasteiger partial charge is 0.0947 e. The van der Waals surface area contributed by atoms with E-state index >= 15 is 0 Å². The van der Waals surface area contributed by atoms with Gasteiger partial charge in [0.15, 0.2) is 0 Å². The van der Waals surface area contributed by atoms with Crippen LogP contribution in [0.25, 0.3) is 0 Å². The molecule has 1 heterocycles. The summed E-state index contributed by atoms with van der Waals surface area (Å²) >= 11 is 0. The number of nitrogens with one attached hydrogen (secondary N) is 1. The highest BCUT2D eigenvalue weighted by molar-refractivity contribution is 5.35. The molecule has 0 saturated heterocycles. The van der Waals surface area contributed by atoms with Crippen molar-refractivity contribution >= 4 is 0 Å². The van der Waals surface area contributed by atoms with Crippen LogP contribution in [0.5, 0.6) is 0 Å². The maximum absolute atomic E-state index is 4.46. The number of aryl methyl sites for hydroxylation is 3. The van der Waals surface area contributed by atoms with E-state index in [1.54, 1.807) is 11.1 Å². The third kappa shape index (κ3) is 2.56. The van der Waals surface area contributed by atoms with Crippen LogP contribution < -0.4 is 5.32 Å². The first kappa shape index (κ1) is 12.4. The van der Waals surface area contributed by atoms with E-state index in [4.69, 9.17) is 0 Å². The lowest BCUT2D eigenvalue weighted by Crippen LogP contribution is -2.19. The van der Waals surface area contributed by atoms with Gasteiger partial charge in [0.25, 0.3) is 0 Å². The highest BCUT2D eigenvalue weighted by Crippen LogP contribution is 2.25. The number of fused-ring (bicyclic) bond motifs is 1. The van der Waals surface area contributed by atoms with Crippen molar-refractivity contribution in [2.24, 2.45) is 7.05 Å². The maximum atomic E-state index is 4.46. The van der Waals surface area contributed by atoms with Crippen LogP contribution in [0.4, 0.5) is 0 Å². The van der Waals surface area contributed by atoms with Gasteiger partial charge >= 0.3 is 0 Å². The number of aromatic nitrogens is 2. The van der Waals surface area contributed by atoms with Crippen LogP contribution >= 0.6 is 0 Å². The molecule has 1 atom stereocenters. The number of hydrogen-bond acceptors (Lipinski definition) is 2. The van der Waals surface area contributed by atoms with Gasteiger partial charge in [-0.05, 0) is 49.4 Å². The Morgan fingerprint density at radius 1 is 1.32 bits per heavy atom. The van der Waals surface area contributed by atoms with Crippen LogP contribution in [0.3, 0.4) is 0 Å². The summed E-state index contributed by atoms with van der Waals surface area (Å²) in [5.74, 6) is 0. The highest BCUT2D eigenvalue weighted by atomic mass is 15.0. The molecule has 0 saturated carbocycles. The van der Waals surface area contributed by atoms with Crippen molar-refractivity contribution in [3.05, 3.63) is 53.1 Å². The van der Waals surface area contributed by atoms with Gasteiger partial charge in [0.05, 0.1) is 18.1 Å². The largest absolute Gasteiger partial charge is 0.340 e. The molecule has 100 valence electrons. The van der Waals surface area contributed by atoms with Crippen LogP contribution in [0.2, 0.25) is 0 Å². The second-order valence-electron chi connectivity index (χ2n) is 5.47. The highest BCUT2D eigenvalue weighted by Gasteiger charge is 2.15. The molecule has 1 unspecified atom stereocenters. The van der Waals surface area contributed by atoms with Gasteiger partial charge in [-0.25, -0.2) is 4.98 Å². The van der Waals surface area contributed by atoms with Gasteiger partial charge in [-0.2, -0.15) is 0 Å². The second kappa shape index (κ2) is 5.17. The van der Waals surface area contributed by atoms with Gasteiger partial charge < -0.3 is 9.88 Å². The molecule has 3 heteroatoms. The summed E-state index contributed by atoms with van der Waals surface area (Å²) in [7, 11) is 4.02. The van der Waals surface area contributed by atoms with Crippen LogP contribution in [0.1, 0.15) is 34.8 Å². The van der Waals surface area contributed by atoms with Gasteiger partial charge in [-0.3, -0.25) is 0 Å². The number of benzene rings is 1. The number of imidazole rings is 1. The van der Waals surface area contributed by atoms with Crippen molar-refractivity contribution < 1.29 is 0 Å². The summed E-state index contributed by atoms with van der Waals surface area (Å²) < 4.78 is 2.00. The molecule has 0 spiro atoms. The Hall–Kier alpha value is -1.61. The lowest BCUT2D eigenvalue weighted by molar-refractivity contribution is 0.578. The normalized spacial score (nSPS) is 15.5. The molecule has 0 fully saturated rings.